The molecule has 2 heterocycles. The number of thiazole rings is 1. The van der Waals surface area contributed by atoms with Gasteiger partial charge in [0.05, 0.1) is 23.1 Å². The number of nitrogens with zero attached hydrogens (tertiary/aromatic N) is 3. The molecular weight excluding hydrogens is 306 g/mol. The highest BCUT2D eigenvalue weighted by atomic mass is 32.1. The number of imidazole rings is 1. The van der Waals surface area contributed by atoms with Crippen molar-refractivity contribution in [2.24, 2.45) is 7.05 Å². The number of fused-ring (bicyclic) bond motifs is 2. The lowest BCUT2D eigenvalue weighted by Crippen LogP contribution is -2.00. The van der Waals surface area contributed by atoms with E-state index in [0.717, 1.165) is 34.7 Å². The summed E-state index contributed by atoms with van der Waals surface area (Å²) in [4.78, 5) is 22.6. The normalized spacial score (nSPS) is 14.2. The van der Waals surface area contributed by atoms with Gasteiger partial charge >= 0.3 is 0 Å². The van der Waals surface area contributed by atoms with Gasteiger partial charge in [-0.05, 0) is 50.8 Å². The third kappa shape index (κ3) is 2.59. The lowest BCUT2D eigenvalue weighted by atomic mass is 10.0. The molecule has 4 nitrogen and oxygen atoms in total. The number of hydrogen-bond acceptors (Lipinski definition) is 4. The van der Waals surface area contributed by atoms with Gasteiger partial charge in [0.25, 0.3) is 0 Å². The molecule has 23 heavy (non-hydrogen) atoms. The van der Waals surface area contributed by atoms with Crippen molar-refractivity contribution >= 4 is 28.2 Å². The van der Waals surface area contributed by atoms with Gasteiger partial charge in [-0.25, -0.2) is 9.97 Å². The Hall–Kier alpha value is -2.01. The molecule has 0 N–H and O–H groups in total. The van der Waals surface area contributed by atoms with E-state index >= 15 is 0 Å². The van der Waals surface area contributed by atoms with Crippen LogP contribution in [0, 0.1) is 0 Å². The smallest absolute Gasteiger partial charge is 0.159 e. The van der Waals surface area contributed by atoms with Crippen LogP contribution < -0.4 is 0 Å². The molecule has 0 saturated heterocycles. The summed E-state index contributed by atoms with van der Waals surface area (Å²) in [6, 6.07) is 5.74. The van der Waals surface area contributed by atoms with E-state index < -0.39 is 0 Å². The summed E-state index contributed by atoms with van der Waals surface area (Å²) in [5.41, 5.74) is 3.96. The number of Topliss-reactive ketones (excluding diaryl/α,β-unsaturated/α-hetero) is 1. The summed E-state index contributed by atoms with van der Waals surface area (Å²) in [7, 11) is 2.03. The van der Waals surface area contributed by atoms with Gasteiger partial charge in [-0.1, -0.05) is 0 Å². The molecule has 4 rings (SSSR count). The molecule has 0 atom stereocenters. The number of ketones is 1. The number of benzene rings is 1. The number of carbonyl (C=O) groups is 1. The second-order valence-electron chi connectivity index (χ2n) is 6.21. The minimum absolute atomic E-state index is 0.0756. The topological polar surface area (TPSA) is 47.8 Å². The fraction of sp³-hybridized carbons (Fsp3) is 0.389. The van der Waals surface area contributed by atoms with E-state index in [2.05, 4.69) is 4.57 Å². The predicted octanol–water partition coefficient (Wildman–Crippen LogP) is 3.70. The van der Waals surface area contributed by atoms with Crippen molar-refractivity contribution in [1.82, 2.24) is 14.5 Å². The maximum Gasteiger partial charge on any atom is 0.159 e. The Bertz CT molecular complexity index is 883. The van der Waals surface area contributed by atoms with Crippen LogP contribution in [0.15, 0.2) is 18.2 Å². The molecular formula is C18H19N3OS. The van der Waals surface area contributed by atoms with Crippen molar-refractivity contribution < 1.29 is 4.79 Å². The Kier molecular flexibility index (Phi) is 3.53. The SMILES string of the molecule is CC(=O)c1ccc2c(c1)nc(Cc1nc3c(s1)CCCC3)n2C. The molecule has 0 fully saturated rings. The van der Waals surface area contributed by atoms with E-state index in [1.165, 1.54) is 29.8 Å². The Labute approximate surface area is 139 Å². The zero-order chi connectivity index (χ0) is 16.0. The Morgan fingerprint density at radius 3 is 2.87 bits per heavy atom. The van der Waals surface area contributed by atoms with Gasteiger partial charge in [0.1, 0.15) is 10.8 Å². The van der Waals surface area contributed by atoms with E-state index in [1.807, 2.05) is 36.6 Å². The summed E-state index contributed by atoms with van der Waals surface area (Å²) in [6.07, 6.45) is 5.61. The van der Waals surface area contributed by atoms with E-state index in [9.17, 15) is 4.79 Å². The monoisotopic (exact) mass is 325 g/mol. The summed E-state index contributed by atoms with van der Waals surface area (Å²) < 4.78 is 2.11. The molecule has 0 aliphatic heterocycles. The first kappa shape index (κ1) is 14.6. The molecule has 5 heteroatoms. The fourth-order valence-corrected chi connectivity index (χ4v) is 4.40. The predicted molar refractivity (Wildman–Crippen MR) is 92.3 cm³/mol. The van der Waals surface area contributed by atoms with Crippen LogP contribution in [0.5, 0.6) is 0 Å². The zero-order valence-electron chi connectivity index (χ0n) is 13.4. The number of aryl methyl sites for hydroxylation is 3. The van der Waals surface area contributed by atoms with E-state index in [4.69, 9.17) is 9.97 Å². The summed E-state index contributed by atoms with van der Waals surface area (Å²) in [5.74, 6) is 1.08. The molecule has 0 radical (unpaired) electrons. The lowest BCUT2D eigenvalue weighted by molar-refractivity contribution is 0.101. The zero-order valence-corrected chi connectivity index (χ0v) is 14.2. The second kappa shape index (κ2) is 5.57. The van der Waals surface area contributed by atoms with Crippen LogP contribution in [0.25, 0.3) is 11.0 Å². The van der Waals surface area contributed by atoms with Gasteiger partial charge in [0, 0.05) is 17.5 Å². The Morgan fingerprint density at radius 1 is 1.26 bits per heavy atom. The van der Waals surface area contributed by atoms with Crippen molar-refractivity contribution in [3.63, 3.8) is 0 Å². The van der Waals surface area contributed by atoms with Crippen LogP contribution in [0.1, 0.15) is 51.5 Å². The highest BCUT2D eigenvalue weighted by Gasteiger charge is 2.17. The first-order chi connectivity index (χ1) is 11.1. The fourth-order valence-electron chi connectivity index (χ4n) is 3.24. The van der Waals surface area contributed by atoms with Crippen LogP contribution in [-0.4, -0.2) is 20.3 Å². The largest absolute Gasteiger partial charge is 0.331 e. The van der Waals surface area contributed by atoms with Crippen LogP contribution in [0.2, 0.25) is 0 Å². The quantitative estimate of drug-likeness (QED) is 0.690. The Morgan fingerprint density at radius 2 is 2.09 bits per heavy atom. The average Bonchev–Trinajstić information content (AvgIpc) is 3.08. The molecule has 1 aliphatic carbocycles. The minimum Gasteiger partial charge on any atom is -0.331 e. The third-order valence-corrected chi connectivity index (χ3v) is 5.74. The molecule has 0 unspecified atom stereocenters. The third-order valence-electron chi connectivity index (χ3n) is 4.58. The molecule has 3 aromatic rings. The maximum atomic E-state index is 11.5. The molecule has 118 valence electrons. The van der Waals surface area contributed by atoms with Crippen molar-refractivity contribution in [2.45, 2.75) is 39.0 Å². The number of carbonyl (C=O) groups excluding carboxylic acids is 1. The van der Waals surface area contributed by atoms with Crippen LogP contribution in [0.3, 0.4) is 0 Å². The first-order valence-corrected chi connectivity index (χ1v) is 8.87. The van der Waals surface area contributed by atoms with Gasteiger partial charge in [-0.15, -0.1) is 11.3 Å². The van der Waals surface area contributed by atoms with E-state index in [1.54, 1.807) is 6.92 Å². The first-order valence-electron chi connectivity index (χ1n) is 8.05. The molecule has 2 aromatic heterocycles. The number of hydrogen-bond donors (Lipinski definition) is 0. The summed E-state index contributed by atoms with van der Waals surface area (Å²) >= 11 is 1.84. The van der Waals surface area contributed by atoms with Crippen LogP contribution >= 0.6 is 11.3 Å². The molecule has 0 amide bonds. The van der Waals surface area contributed by atoms with Gasteiger partial charge < -0.3 is 4.57 Å². The standard InChI is InChI=1S/C18H19N3OS/c1-11(22)12-7-8-15-14(9-12)19-17(21(15)2)10-18-20-13-5-3-4-6-16(13)23-18/h7-9H,3-6,10H2,1-2H3. The van der Waals surface area contributed by atoms with E-state index in [0.29, 0.717) is 5.56 Å². The minimum atomic E-state index is 0.0756. The summed E-state index contributed by atoms with van der Waals surface area (Å²) in [5, 5.41) is 1.15. The van der Waals surface area contributed by atoms with Crippen molar-refractivity contribution in [3.8, 4) is 0 Å². The van der Waals surface area contributed by atoms with Gasteiger partial charge in [-0.2, -0.15) is 0 Å². The highest BCUT2D eigenvalue weighted by molar-refractivity contribution is 7.11. The second-order valence-corrected chi connectivity index (χ2v) is 7.38. The van der Waals surface area contributed by atoms with Gasteiger partial charge in [0.2, 0.25) is 0 Å². The number of aromatic nitrogens is 3. The van der Waals surface area contributed by atoms with Crippen LogP contribution in [0.4, 0.5) is 0 Å². The van der Waals surface area contributed by atoms with Gasteiger partial charge in [0.15, 0.2) is 5.78 Å². The van der Waals surface area contributed by atoms with Crippen molar-refractivity contribution in [2.75, 3.05) is 0 Å². The van der Waals surface area contributed by atoms with Crippen LogP contribution in [-0.2, 0) is 26.3 Å². The average molecular weight is 325 g/mol. The molecule has 0 spiro atoms. The summed E-state index contributed by atoms with van der Waals surface area (Å²) in [6.45, 7) is 1.59. The molecule has 1 aliphatic rings. The van der Waals surface area contributed by atoms with E-state index in [-0.39, 0.29) is 5.78 Å². The highest BCUT2D eigenvalue weighted by Crippen LogP contribution is 2.28. The van der Waals surface area contributed by atoms with Gasteiger partial charge in [-0.3, -0.25) is 4.79 Å². The maximum absolute atomic E-state index is 11.5. The molecule has 0 saturated carbocycles. The number of rotatable bonds is 3. The van der Waals surface area contributed by atoms with Crippen molar-refractivity contribution in [3.05, 3.63) is 45.2 Å². The van der Waals surface area contributed by atoms with Crippen molar-refractivity contribution in [1.29, 1.82) is 0 Å². The lowest BCUT2D eigenvalue weighted by Gasteiger charge is -2.06. The molecule has 0 bridgehead atoms. The molecule has 1 aromatic carbocycles. The Balaban J connectivity index is 1.69.